The molecule has 350 valence electrons. The summed E-state index contributed by atoms with van der Waals surface area (Å²) in [4.78, 5) is 52.1. The fourth-order valence-corrected chi connectivity index (χ4v) is 11.1. The average molecular weight is 911 g/mol. The third-order valence-electron chi connectivity index (χ3n) is 15.4. The van der Waals surface area contributed by atoms with Crippen molar-refractivity contribution in [1.82, 2.24) is 44.9 Å². The molecule has 10 rings (SSSR count). The number of rotatable bonds is 11. The summed E-state index contributed by atoms with van der Waals surface area (Å²) in [5.74, 6) is 0.252. The van der Waals surface area contributed by atoms with Crippen LogP contribution in [0, 0.1) is 22.6 Å². The van der Waals surface area contributed by atoms with Crippen LogP contribution in [0.1, 0.15) is 113 Å². The Hall–Kier alpha value is -6.25. The predicted octanol–water partition coefficient (Wildman–Crippen LogP) is 6.54. The van der Waals surface area contributed by atoms with Gasteiger partial charge < -0.3 is 25.2 Å². The summed E-state index contributed by atoms with van der Waals surface area (Å²) in [6.45, 7) is 6.83. The van der Waals surface area contributed by atoms with Crippen molar-refractivity contribution in [3.63, 3.8) is 0 Å². The number of piperidine rings is 3. The molecule has 4 aliphatic heterocycles. The van der Waals surface area contributed by atoms with Crippen LogP contribution in [0.15, 0.2) is 61.3 Å². The molecular formula is C50H59FN12O4. The number of nitrogens with one attached hydrogen (secondary N) is 3. The lowest BCUT2D eigenvalue weighted by Gasteiger charge is -2.41. The summed E-state index contributed by atoms with van der Waals surface area (Å²) in [5.41, 5.74) is 4.92. The predicted molar refractivity (Wildman–Crippen MR) is 249 cm³/mol. The van der Waals surface area contributed by atoms with E-state index in [4.69, 9.17) is 19.8 Å². The normalized spacial score (nSPS) is 23.2. The van der Waals surface area contributed by atoms with Crippen LogP contribution in [0.2, 0.25) is 0 Å². The van der Waals surface area contributed by atoms with E-state index in [1.807, 2.05) is 42.9 Å². The number of carbonyl (C=O) groups is 3. The van der Waals surface area contributed by atoms with Crippen molar-refractivity contribution in [2.24, 2.45) is 5.41 Å². The molecule has 5 fully saturated rings. The van der Waals surface area contributed by atoms with E-state index in [9.17, 15) is 19.6 Å². The lowest BCUT2D eigenvalue weighted by Crippen LogP contribution is -2.52. The van der Waals surface area contributed by atoms with E-state index in [2.05, 4.69) is 54.7 Å². The van der Waals surface area contributed by atoms with Gasteiger partial charge in [-0.2, -0.15) is 15.5 Å². The number of hydrogen-bond acceptors (Lipinski definition) is 12. The Balaban J connectivity index is 0.753. The zero-order valence-electron chi connectivity index (χ0n) is 38.1. The van der Waals surface area contributed by atoms with Crippen LogP contribution < -0.4 is 20.9 Å². The lowest BCUT2D eigenvalue weighted by molar-refractivity contribution is -0.134. The fourth-order valence-electron chi connectivity index (χ4n) is 11.1. The molecule has 5 aromatic rings. The van der Waals surface area contributed by atoms with Gasteiger partial charge in [-0.15, -0.1) is 0 Å². The molecule has 0 unspecified atom stereocenters. The fraction of sp³-hybridized carbons (Fsp3) is 0.520. The van der Waals surface area contributed by atoms with E-state index in [0.717, 1.165) is 119 Å². The number of anilines is 2. The zero-order valence-corrected chi connectivity index (χ0v) is 38.1. The summed E-state index contributed by atoms with van der Waals surface area (Å²) in [7, 11) is 0. The highest BCUT2D eigenvalue weighted by Crippen LogP contribution is 2.39. The number of amides is 3. The van der Waals surface area contributed by atoms with Gasteiger partial charge in [0.2, 0.25) is 17.7 Å². The molecular weight excluding hydrogens is 852 g/mol. The molecule has 0 bridgehead atoms. The topological polar surface area (TPSA) is 188 Å². The second kappa shape index (κ2) is 19.2. The number of pyridine rings is 1. The number of fused-ring (bicyclic) bond motifs is 1. The summed E-state index contributed by atoms with van der Waals surface area (Å²) in [6, 6.07) is 11.8. The summed E-state index contributed by atoms with van der Waals surface area (Å²) in [5, 5.41) is 28.2. The second-order valence-corrected chi connectivity index (χ2v) is 19.2. The molecule has 17 heteroatoms. The zero-order chi connectivity index (χ0) is 46.1. The quantitative estimate of drug-likeness (QED) is 0.122. The van der Waals surface area contributed by atoms with Crippen LogP contribution in [0.3, 0.4) is 0 Å². The number of imide groups is 1. The van der Waals surface area contributed by atoms with Crippen LogP contribution in [0.25, 0.3) is 28.0 Å². The van der Waals surface area contributed by atoms with Crippen LogP contribution in [0.4, 0.5) is 15.9 Å². The van der Waals surface area contributed by atoms with Gasteiger partial charge in [0.25, 0.3) is 0 Å². The maximum Gasteiger partial charge on any atom is 0.249 e. The Bertz CT molecular complexity index is 2650. The van der Waals surface area contributed by atoms with Gasteiger partial charge in [-0.3, -0.25) is 24.4 Å². The average Bonchev–Trinajstić information content (AvgIpc) is 4.04. The van der Waals surface area contributed by atoms with E-state index in [1.54, 1.807) is 10.7 Å². The first-order chi connectivity index (χ1) is 32.7. The Labute approximate surface area is 389 Å². The number of hydrogen-bond donors (Lipinski definition) is 3. The number of likely N-dealkylation sites (tertiary alicyclic amines) is 1. The number of aromatic nitrogens is 6. The van der Waals surface area contributed by atoms with Gasteiger partial charge in [0.1, 0.15) is 34.8 Å². The molecule has 16 nitrogen and oxygen atoms in total. The molecule has 67 heavy (non-hydrogen) atoms. The van der Waals surface area contributed by atoms with Crippen LogP contribution >= 0.6 is 0 Å². The van der Waals surface area contributed by atoms with E-state index >= 15 is 4.39 Å². The van der Waals surface area contributed by atoms with Crippen molar-refractivity contribution in [3.05, 3.63) is 78.3 Å². The smallest absolute Gasteiger partial charge is 0.249 e. The van der Waals surface area contributed by atoms with Crippen molar-refractivity contribution >= 4 is 34.7 Å². The van der Waals surface area contributed by atoms with E-state index in [-0.39, 0.29) is 53.4 Å². The highest BCUT2D eigenvalue weighted by molar-refractivity contribution is 6.01. The van der Waals surface area contributed by atoms with Crippen molar-refractivity contribution < 1.29 is 23.5 Å². The first-order valence-corrected chi connectivity index (χ1v) is 24.2. The maximum absolute atomic E-state index is 15.4. The molecule has 4 aromatic heterocycles. The number of halogens is 1. The van der Waals surface area contributed by atoms with Gasteiger partial charge in [0.05, 0.1) is 41.4 Å². The molecule has 1 aliphatic carbocycles. The largest absolute Gasteiger partial charge is 0.381 e. The SMILES string of the molecule is CCC1(C(=O)NC2CCOCC2)CCN(c2ccc(-c3nc(-c4cnn([C@H]5CC[C@H](N6CCC(c7ccc(N[C@@H]8CCC(=O)NC8=O)cc7F)CC6)CC5)c4)cn4ncc(C#N)c34)cn2)CC1. The Morgan fingerprint density at radius 2 is 1.69 bits per heavy atom. The van der Waals surface area contributed by atoms with Crippen molar-refractivity contribution in [2.45, 2.75) is 120 Å². The molecule has 0 spiro atoms. The number of nitriles is 1. The molecule has 3 amide bonds. The highest BCUT2D eigenvalue weighted by atomic mass is 19.1. The summed E-state index contributed by atoms with van der Waals surface area (Å²) < 4.78 is 24.7. The van der Waals surface area contributed by atoms with Crippen LogP contribution in [-0.4, -0.2) is 110 Å². The van der Waals surface area contributed by atoms with Gasteiger partial charge in [-0.25, -0.2) is 18.9 Å². The second-order valence-electron chi connectivity index (χ2n) is 19.2. The van der Waals surface area contributed by atoms with E-state index in [1.165, 1.54) is 6.07 Å². The third-order valence-corrected chi connectivity index (χ3v) is 15.4. The Morgan fingerprint density at radius 1 is 0.910 bits per heavy atom. The molecule has 1 aromatic carbocycles. The highest BCUT2D eigenvalue weighted by Gasteiger charge is 2.41. The molecule has 1 atom stereocenters. The maximum atomic E-state index is 15.4. The van der Waals surface area contributed by atoms with Gasteiger partial charge in [0.15, 0.2) is 0 Å². The van der Waals surface area contributed by atoms with E-state index < -0.39 is 6.04 Å². The number of ether oxygens (including phenoxy) is 1. The molecule has 3 N–H and O–H groups in total. The minimum Gasteiger partial charge on any atom is -0.381 e. The molecule has 5 aliphatic rings. The van der Waals surface area contributed by atoms with Gasteiger partial charge >= 0.3 is 0 Å². The standard InChI is InChI=1S/C50H59FN12O4/c1-2-50(49(66)57-36-15-23-67-24-16-36)17-21-61(22-18-50)44-11-3-33(27-53-44)46-47-34(26-52)28-55-63(47)31-43(58-46)35-29-54-62(30-35)39-7-5-38(6-8-39)60-19-13-32(14-20-60)40-9-4-37(25-41(40)51)56-42-10-12-45(64)59-48(42)65/h3-4,9,11,25,27-32,36,38-39,42,56H,2,5-8,10,12-24H2,1H3,(H,57,66)(H,59,64,65)/t38-,39-,42-/m1/s1. The number of nitrogens with zero attached hydrogens (tertiary/aromatic N) is 9. The summed E-state index contributed by atoms with van der Waals surface area (Å²) in [6.07, 6.45) is 19.8. The van der Waals surface area contributed by atoms with Crippen molar-refractivity contribution in [2.75, 3.05) is 49.6 Å². The molecule has 4 saturated heterocycles. The van der Waals surface area contributed by atoms with Gasteiger partial charge in [-0.05, 0) is 126 Å². The minimum absolute atomic E-state index is 0.142. The Kier molecular flexibility index (Phi) is 12.7. The summed E-state index contributed by atoms with van der Waals surface area (Å²) >= 11 is 0. The first kappa shape index (κ1) is 44.6. The monoisotopic (exact) mass is 910 g/mol. The number of carbonyl (C=O) groups excluding carboxylic acids is 3. The lowest BCUT2D eigenvalue weighted by atomic mass is 9.75. The van der Waals surface area contributed by atoms with Crippen LogP contribution in [0.5, 0.6) is 0 Å². The minimum atomic E-state index is -0.548. The van der Waals surface area contributed by atoms with Crippen LogP contribution in [-0.2, 0) is 19.1 Å². The molecule has 0 radical (unpaired) electrons. The van der Waals surface area contributed by atoms with Crippen molar-refractivity contribution in [1.29, 1.82) is 5.26 Å². The van der Waals surface area contributed by atoms with Gasteiger partial charge in [-0.1, -0.05) is 13.0 Å². The molecule has 8 heterocycles. The third kappa shape index (κ3) is 9.25. The first-order valence-electron chi connectivity index (χ1n) is 24.2. The number of benzene rings is 1. The van der Waals surface area contributed by atoms with Gasteiger partial charge in [0, 0.05) is 74.0 Å². The van der Waals surface area contributed by atoms with Crippen molar-refractivity contribution in [3.8, 4) is 28.6 Å². The molecule has 1 saturated carbocycles. The Morgan fingerprint density at radius 3 is 2.39 bits per heavy atom. The van der Waals surface area contributed by atoms with E-state index in [0.29, 0.717) is 53.8 Å².